The number of imide groups is 1. The molecule has 1 aliphatic heterocycles. The Kier molecular flexibility index (Phi) is 8.20. The second-order valence-electron chi connectivity index (χ2n) is 14.8. The van der Waals surface area contributed by atoms with Crippen molar-refractivity contribution in [2.24, 2.45) is 17.3 Å². The molecule has 1 aromatic carbocycles. The van der Waals surface area contributed by atoms with Gasteiger partial charge in [-0.2, -0.15) is 9.59 Å². The molecule has 2 fully saturated rings. The van der Waals surface area contributed by atoms with E-state index in [1.165, 1.54) is 34.4 Å². The van der Waals surface area contributed by atoms with Gasteiger partial charge in [0.2, 0.25) is 0 Å². The lowest BCUT2D eigenvalue weighted by Gasteiger charge is -2.42. The van der Waals surface area contributed by atoms with Crippen molar-refractivity contribution in [3.63, 3.8) is 0 Å². The largest absolute Gasteiger partial charge is 0.551 e. The minimum Gasteiger partial charge on any atom is -0.393 e. The lowest BCUT2D eigenvalue weighted by molar-refractivity contribution is -1.14. The Morgan fingerprint density at radius 1 is 1.07 bits per heavy atom. The zero-order valence-corrected chi connectivity index (χ0v) is 27.2. The molecule has 4 atom stereocenters. The van der Waals surface area contributed by atoms with Gasteiger partial charge in [-0.1, -0.05) is 30.2 Å². The normalized spacial score (nSPS) is 27.5. The summed E-state index contributed by atoms with van der Waals surface area (Å²) in [6.45, 7) is 6.26. The Labute approximate surface area is 262 Å². The number of fused-ring (bicyclic) bond motifs is 3. The van der Waals surface area contributed by atoms with Gasteiger partial charge in [0.25, 0.3) is 0 Å². The highest BCUT2D eigenvalue weighted by Crippen LogP contribution is 2.59. The number of nitrogens with zero attached hydrogens (tertiary/aromatic N) is 4. The molecule has 8 nitrogen and oxygen atoms in total. The van der Waals surface area contributed by atoms with Gasteiger partial charge >= 0.3 is 12.1 Å². The van der Waals surface area contributed by atoms with Crippen molar-refractivity contribution in [1.29, 1.82) is 0 Å². The molecule has 0 spiro atoms. The highest BCUT2D eigenvalue weighted by atomic mass is 16.3. The van der Waals surface area contributed by atoms with Crippen LogP contribution in [0.4, 0.5) is 21.0 Å². The molecule has 44 heavy (non-hydrogen) atoms. The van der Waals surface area contributed by atoms with Gasteiger partial charge in [-0.15, -0.1) is 0 Å². The average Bonchev–Trinajstić information content (AvgIpc) is 3.43. The van der Waals surface area contributed by atoms with Gasteiger partial charge in [0.05, 0.1) is 11.7 Å². The van der Waals surface area contributed by atoms with Crippen LogP contribution in [0, 0.1) is 17.3 Å². The number of rotatable bonds is 8. The molecule has 2 N–H and O–H groups in total. The van der Waals surface area contributed by atoms with Crippen molar-refractivity contribution in [3.05, 3.63) is 52.9 Å². The summed E-state index contributed by atoms with van der Waals surface area (Å²) in [5, 5.41) is 20.9. The number of aryl methyl sites for hydroxylation is 1. The third-order valence-electron chi connectivity index (χ3n) is 11.1. The molecular weight excluding hydrogens is 552 g/mol. The third-order valence-corrected chi connectivity index (χ3v) is 11.1. The van der Waals surface area contributed by atoms with Crippen molar-refractivity contribution >= 4 is 29.5 Å². The first-order valence-corrected chi connectivity index (χ1v) is 16.7. The highest BCUT2D eigenvalue weighted by Gasteiger charge is 2.54. The van der Waals surface area contributed by atoms with Crippen molar-refractivity contribution < 1.29 is 29.2 Å². The van der Waals surface area contributed by atoms with E-state index < -0.39 is 11.7 Å². The summed E-state index contributed by atoms with van der Waals surface area (Å²) in [6, 6.07) is 6.74. The van der Waals surface area contributed by atoms with Gasteiger partial charge in [-0.25, -0.2) is 0 Å². The van der Waals surface area contributed by atoms with E-state index in [4.69, 9.17) is 0 Å². The maximum absolute atomic E-state index is 14.1. The van der Waals surface area contributed by atoms with Crippen LogP contribution < -0.4 is 19.2 Å². The Hall–Kier alpha value is -3.10. The number of carbonyl (C=O) groups excluding carboxylic acids is 2. The summed E-state index contributed by atoms with van der Waals surface area (Å²) in [5.41, 5.74) is 5.33. The predicted molar refractivity (Wildman–Crippen MR) is 171 cm³/mol. The van der Waals surface area contributed by atoms with E-state index in [0.29, 0.717) is 36.8 Å². The monoisotopic (exact) mass is 602 g/mol. The lowest BCUT2D eigenvalue weighted by atomic mass is 9.62. The quantitative estimate of drug-likeness (QED) is 0.305. The SMILES string of the molecule is CN(C)c1ccc(N2C(=O)[n+]3cc4c(c(/C=C5\CCC[C@]6(C)[C@@H](CCCCC(C)(C)O)CC[C@@H]56)[n+]3C2=O)C[C@@H](O)CC4)cc1. The summed E-state index contributed by atoms with van der Waals surface area (Å²) in [4.78, 5) is 31.2. The second-order valence-corrected chi connectivity index (χ2v) is 14.8. The first kappa shape index (κ1) is 30.9. The smallest absolute Gasteiger partial charge is 0.393 e. The van der Waals surface area contributed by atoms with Crippen LogP contribution in [-0.2, 0) is 12.8 Å². The predicted octanol–water partition coefficient (Wildman–Crippen LogP) is 5.56. The van der Waals surface area contributed by atoms with Crippen LogP contribution in [0.3, 0.4) is 0 Å². The van der Waals surface area contributed by atoms with Crippen LogP contribution in [0.2, 0.25) is 0 Å². The van der Waals surface area contributed by atoms with Gasteiger partial charge in [-0.3, -0.25) is 0 Å². The molecule has 0 unspecified atom stereocenters. The Morgan fingerprint density at radius 3 is 2.52 bits per heavy atom. The molecule has 3 aliphatic carbocycles. The fourth-order valence-corrected chi connectivity index (χ4v) is 8.60. The van der Waals surface area contributed by atoms with Gasteiger partial charge in [0, 0.05) is 37.3 Å². The maximum Gasteiger partial charge on any atom is 0.551 e. The lowest BCUT2D eigenvalue weighted by Crippen LogP contribution is -2.69. The molecule has 1 aromatic heterocycles. The number of anilines is 2. The van der Waals surface area contributed by atoms with E-state index in [9.17, 15) is 19.8 Å². The molecule has 0 radical (unpaired) electrons. The number of unbranched alkanes of at least 4 members (excludes halogenated alkanes) is 1. The maximum atomic E-state index is 14.1. The molecule has 0 saturated heterocycles. The molecule has 2 aromatic rings. The van der Waals surface area contributed by atoms with Gasteiger partial charge in [0.15, 0.2) is 5.69 Å². The van der Waals surface area contributed by atoms with E-state index in [1.807, 2.05) is 63.3 Å². The summed E-state index contributed by atoms with van der Waals surface area (Å²) in [5.74, 6) is 1.10. The zero-order chi connectivity index (χ0) is 31.4. The number of amides is 2. The molecule has 4 aliphatic rings. The average molecular weight is 603 g/mol. The first-order valence-electron chi connectivity index (χ1n) is 16.7. The summed E-state index contributed by atoms with van der Waals surface area (Å²) in [7, 11) is 3.92. The van der Waals surface area contributed by atoms with Crippen LogP contribution in [0.1, 0.15) is 102 Å². The molecular formula is C36H50N4O4+2. The first-order chi connectivity index (χ1) is 20.9. The van der Waals surface area contributed by atoms with Crippen LogP contribution in [0.5, 0.6) is 0 Å². The topological polar surface area (TPSA) is 88.8 Å². The number of allylic oxidation sites excluding steroid dienone is 1. The van der Waals surface area contributed by atoms with Crippen LogP contribution >= 0.6 is 0 Å². The minimum atomic E-state index is -0.606. The summed E-state index contributed by atoms with van der Waals surface area (Å²) >= 11 is 0. The number of carbonyl (C=O) groups is 2. The molecule has 2 saturated carbocycles. The number of aliphatic hydroxyl groups excluding tert-OH is 1. The summed E-state index contributed by atoms with van der Waals surface area (Å²) < 4.78 is 3.05. The van der Waals surface area contributed by atoms with Crippen molar-refractivity contribution in [2.75, 3.05) is 23.9 Å². The van der Waals surface area contributed by atoms with E-state index in [1.54, 1.807) is 4.68 Å². The Bertz CT molecular complexity index is 1470. The zero-order valence-electron chi connectivity index (χ0n) is 27.2. The molecule has 236 valence electrons. The molecule has 8 heteroatoms. The molecule has 2 amide bonds. The van der Waals surface area contributed by atoms with Gasteiger partial charge in [0.1, 0.15) is 11.9 Å². The van der Waals surface area contributed by atoms with E-state index in [2.05, 4.69) is 13.0 Å². The number of hydrogen-bond acceptors (Lipinski definition) is 5. The van der Waals surface area contributed by atoms with Crippen LogP contribution in [0.25, 0.3) is 6.08 Å². The standard InChI is InChI=1S/C36H50N4O4/c1-35(2,44)19-7-6-10-26-12-18-31-24(9-8-20-36(26,31)3)21-32-30-22-29(41)17-11-25(30)23-38-33(42)39(34(43)40(32)38)28-15-13-27(14-16-28)37(4)5/h13-16,21,23,26,29,31,41,44H,6-12,17-20,22H2,1-5H3/q+2/b24-21+/t26-,29-,31-,36+/m0/s1. The van der Waals surface area contributed by atoms with E-state index in [-0.39, 0.29) is 17.5 Å². The number of aliphatic hydroxyl groups is 2. The van der Waals surface area contributed by atoms with Crippen molar-refractivity contribution in [2.45, 2.75) is 110 Å². The number of hydrogen-bond donors (Lipinski definition) is 2. The van der Waals surface area contributed by atoms with E-state index >= 15 is 0 Å². The fraction of sp³-hybridized carbons (Fsp3) is 0.611. The van der Waals surface area contributed by atoms with Crippen LogP contribution in [-0.4, -0.2) is 48.1 Å². The highest BCUT2D eigenvalue weighted by molar-refractivity contribution is 6.08. The molecule has 2 heterocycles. The third kappa shape index (κ3) is 5.60. The van der Waals surface area contributed by atoms with Crippen LogP contribution in [0.15, 0.2) is 36.0 Å². The number of benzene rings is 1. The van der Waals surface area contributed by atoms with Crippen molar-refractivity contribution in [1.82, 2.24) is 0 Å². The fourth-order valence-electron chi connectivity index (χ4n) is 8.60. The van der Waals surface area contributed by atoms with Gasteiger partial charge < -0.3 is 15.1 Å². The number of aromatic nitrogens is 2. The van der Waals surface area contributed by atoms with Gasteiger partial charge in [-0.05, 0) is 129 Å². The molecule has 6 rings (SSSR count). The Morgan fingerprint density at radius 2 is 1.82 bits per heavy atom. The Balaban J connectivity index is 1.35. The van der Waals surface area contributed by atoms with E-state index in [0.717, 1.165) is 61.0 Å². The molecule has 0 bridgehead atoms. The summed E-state index contributed by atoms with van der Waals surface area (Å²) in [6.07, 6.45) is 15.3. The second kappa shape index (κ2) is 11.7. The minimum absolute atomic E-state index is 0.216. The van der Waals surface area contributed by atoms with Crippen molar-refractivity contribution in [3.8, 4) is 0 Å².